The molecule has 1 atom stereocenters. The third kappa shape index (κ3) is 4.21. The molecule has 5 rings (SSSR count). The largest absolute Gasteiger partial charge is 0.507 e. The van der Waals surface area contributed by atoms with E-state index in [0.29, 0.717) is 48.8 Å². The molecular formula is C26H25N3O7. The summed E-state index contributed by atoms with van der Waals surface area (Å²) in [6.07, 6.45) is 5.72. The zero-order chi connectivity index (χ0) is 25.2. The number of methoxy groups -OCH3 is 1. The number of phenolic OH excluding ortho intramolecular Hbond substituents is 1. The topological polar surface area (TPSA) is 123 Å². The molecule has 1 fully saturated rings. The number of ether oxygens (including phenoxy) is 3. The zero-order valence-electron chi connectivity index (χ0n) is 19.6. The number of aryl methyl sites for hydroxylation is 1. The molecule has 1 amide bonds. The van der Waals surface area contributed by atoms with E-state index in [4.69, 9.17) is 14.2 Å². The lowest BCUT2D eigenvalue weighted by Crippen LogP contribution is -2.31. The number of ketones is 1. The van der Waals surface area contributed by atoms with Gasteiger partial charge in [0.15, 0.2) is 23.0 Å². The highest BCUT2D eigenvalue weighted by molar-refractivity contribution is 6.46. The number of rotatable bonds is 7. The van der Waals surface area contributed by atoms with Crippen LogP contribution < -0.4 is 14.2 Å². The van der Waals surface area contributed by atoms with E-state index in [1.165, 1.54) is 18.1 Å². The second-order valence-corrected chi connectivity index (χ2v) is 8.44. The number of benzene rings is 2. The second-order valence-electron chi connectivity index (χ2n) is 8.44. The number of aliphatic hydroxyl groups excluding tert-OH is 1. The van der Waals surface area contributed by atoms with E-state index in [2.05, 4.69) is 4.98 Å². The van der Waals surface area contributed by atoms with Crippen molar-refractivity contribution in [2.75, 3.05) is 26.9 Å². The highest BCUT2D eigenvalue weighted by atomic mass is 16.6. The van der Waals surface area contributed by atoms with Crippen molar-refractivity contribution >= 4 is 17.4 Å². The van der Waals surface area contributed by atoms with E-state index < -0.39 is 17.7 Å². The highest BCUT2D eigenvalue weighted by Crippen LogP contribution is 2.43. The summed E-state index contributed by atoms with van der Waals surface area (Å²) in [5.74, 6) is -0.723. The van der Waals surface area contributed by atoms with E-state index in [1.54, 1.807) is 42.9 Å². The van der Waals surface area contributed by atoms with Gasteiger partial charge < -0.3 is 33.9 Å². The predicted octanol–water partition coefficient (Wildman–Crippen LogP) is 2.88. The first-order chi connectivity index (χ1) is 17.5. The number of likely N-dealkylation sites (tertiary alicyclic amines) is 1. The van der Waals surface area contributed by atoms with Crippen LogP contribution in [0.4, 0.5) is 0 Å². The van der Waals surface area contributed by atoms with E-state index in [-0.39, 0.29) is 29.4 Å². The number of phenols is 1. The molecule has 0 saturated carbocycles. The first kappa shape index (κ1) is 23.3. The van der Waals surface area contributed by atoms with Gasteiger partial charge in [-0.3, -0.25) is 9.59 Å². The maximum absolute atomic E-state index is 13.3. The Hall–Kier alpha value is -4.47. The molecule has 0 aliphatic carbocycles. The van der Waals surface area contributed by atoms with E-state index in [9.17, 15) is 19.8 Å². The number of carbonyl (C=O) groups is 2. The number of hydrogen-bond acceptors (Lipinski definition) is 8. The maximum Gasteiger partial charge on any atom is 0.295 e. The van der Waals surface area contributed by atoms with Crippen LogP contribution in [0.25, 0.3) is 5.76 Å². The maximum atomic E-state index is 13.3. The molecule has 2 aromatic carbocycles. The Morgan fingerprint density at radius 3 is 2.67 bits per heavy atom. The smallest absolute Gasteiger partial charge is 0.295 e. The molecule has 10 nitrogen and oxygen atoms in total. The molecule has 1 unspecified atom stereocenters. The molecule has 3 aromatic rings. The van der Waals surface area contributed by atoms with Gasteiger partial charge in [-0.2, -0.15) is 0 Å². The van der Waals surface area contributed by atoms with Gasteiger partial charge in [0.2, 0.25) is 0 Å². The summed E-state index contributed by atoms with van der Waals surface area (Å²) in [6.45, 7) is 1.64. The summed E-state index contributed by atoms with van der Waals surface area (Å²) in [4.78, 5) is 31.9. The lowest BCUT2D eigenvalue weighted by atomic mass is 9.94. The molecule has 36 heavy (non-hydrogen) atoms. The van der Waals surface area contributed by atoms with Crippen LogP contribution in [-0.2, 0) is 16.1 Å². The average molecular weight is 492 g/mol. The normalized spacial score (nSPS) is 18.5. The minimum atomic E-state index is -0.879. The Morgan fingerprint density at radius 2 is 1.92 bits per heavy atom. The van der Waals surface area contributed by atoms with Gasteiger partial charge in [0, 0.05) is 31.0 Å². The molecule has 0 bridgehead atoms. The van der Waals surface area contributed by atoms with E-state index >= 15 is 0 Å². The van der Waals surface area contributed by atoms with E-state index in [0.717, 1.165) is 0 Å². The lowest BCUT2D eigenvalue weighted by molar-refractivity contribution is -0.139. The summed E-state index contributed by atoms with van der Waals surface area (Å²) < 4.78 is 18.3. The Labute approximate surface area is 207 Å². The van der Waals surface area contributed by atoms with E-state index in [1.807, 2.05) is 10.8 Å². The second kappa shape index (κ2) is 9.65. The first-order valence-corrected chi connectivity index (χ1v) is 11.5. The van der Waals surface area contributed by atoms with Gasteiger partial charge in [0.25, 0.3) is 11.7 Å². The molecule has 2 aliphatic rings. The van der Waals surface area contributed by atoms with Crippen LogP contribution >= 0.6 is 0 Å². The Kier molecular flexibility index (Phi) is 6.24. The number of Topliss-reactive ketones (excluding diaryl/α,β-unsaturated/α-hetero) is 1. The van der Waals surface area contributed by atoms with Crippen LogP contribution in [0.1, 0.15) is 23.6 Å². The van der Waals surface area contributed by atoms with Crippen molar-refractivity contribution in [3.05, 3.63) is 71.8 Å². The molecule has 1 saturated heterocycles. The third-order valence-electron chi connectivity index (χ3n) is 6.25. The minimum absolute atomic E-state index is 0.0490. The molecule has 1 aromatic heterocycles. The number of nitrogens with zero attached hydrogens (tertiary/aromatic N) is 3. The van der Waals surface area contributed by atoms with Crippen molar-refractivity contribution < 1.29 is 34.0 Å². The molecule has 3 heterocycles. The minimum Gasteiger partial charge on any atom is -0.507 e. The Balaban J connectivity index is 1.56. The van der Waals surface area contributed by atoms with Crippen LogP contribution in [-0.4, -0.2) is 63.2 Å². The van der Waals surface area contributed by atoms with Crippen molar-refractivity contribution in [1.82, 2.24) is 14.5 Å². The molecule has 2 aliphatic heterocycles. The average Bonchev–Trinajstić information content (AvgIpc) is 3.50. The monoisotopic (exact) mass is 491 g/mol. The SMILES string of the molecule is COc1cc(C2/C(=C(\O)c3ccc4c(c3)OCCO4)C(=O)C(=O)N2CCCn2ccnc2)ccc1O. The molecule has 10 heteroatoms. The van der Waals surface area contributed by atoms with Gasteiger partial charge in [0.1, 0.15) is 19.0 Å². The summed E-state index contributed by atoms with van der Waals surface area (Å²) in [5.41, 5.74) is 0.795. The van der Waals surface area contributed by atoms with Crippen LogP contribution in [0.15, 0.2) is 60.7 Å². The quantitative estimate of drug-likeness (QED) is 0.294. The molecule has 0 radical (unpaired) electrons. The zero-order valence-corrected chi connectivity index (χ0v) is 19.6. The van der Waals surface area contributed by atoms with Gasteiger partial charge in [-0.15, -0.1) is 0 Å². The van der Waals surface area contributed by atoms with Crippen LogP contribution in [0.2, 0.25) is 0 Å². The van der Waals surface area contributed by atoms with Crippen molar-refractivity contribution in [2.24, 2.45) is 0 Å². The van der Waals surface area contributed by atoms with Crippen molar-refractivity contribution in [1.29, 1.82) is 0 Å². The van der Waals surface area contributed by atoms with Crippen molar-refractivity contribution in [3.8, 4) is 23.0 Å². The van der Waals surface area contributed by atoms with Crippen molar-refractivity contribution in [3.63, 3.8) is 0 Å². The highest BCUT2D eigenvalue weighted by Gasteiger charge is 2.46. The number of imidazole rings is 1. The first-order valence-electron chi connectivity index (χ1n) is 11.5. The third-order valence-corrected chi connectivity index (χ3v) is 6.25. The van der Waals surface area contributed by atoms with Crippen LogP contribution in [0, 0.1) is 0 Å². The van der Waals surface area contributed by atoms with Crippen molar-refractivity contribution in [2.45, 2.75) is 19.0 Å². The predicted molar refractivity (Wildman–Crippen MR) is 128 cm³/mol. The number of aliphatic hydroxyl groups is 1. The number of hydrogen-bond donors (Lipinski definition) is 2. The number of amides is 1. The molecule has 186 valence electrons. The summed E-state index contributed by atoms with van der Waals surface area (Å²) in [6, 6.07) is 8.58. The molecule has 0 spiro atoms. The summed E-state index contributed by atoms with van der Waals surface area (Å²) in [7, 11) is 1.41. The number of aromatic hydroxyl groups is 1. The van der Waals surface area contributed by atoms with Gasteiger partial charge in [-0.1, -0.05) is 6.07 Å². The van der Waals surface area contributed by atoms with Crippen LogP contribution in [0.3, 0.4) is 0 Å². The fourth-order valence-electron chi connectivity index (χ4n) is 4.51. The summed E-state index contributed by atoms with van der Waals surface area (Å²) >= 11 is 0. The van der Waals surface area contributed by atoms with Gasteiger partial charge in [-0.25, -0.2) is 4.98 Å². The van der Waals surface area contributed by atoms with Crippen LogP contribution in [0.5, 0.6) is 23.0 Å². The standard InChI is InChI=1S/C26H25N3O7/c1-34-20-13-16(3-5-18(20)30)23-22(24(31)17-4-6-19-21(14-17)36-12-11-35-19)25(32)26(33)29(23)9-2-8-28-10-7-27-15-28/h3-7,10,13-15,23,30-31H,2,8-9,11-12H2,1H3/b24-22+. The Bertz CT molecular complexity index is 1330. The van der Waals surface area contributed by atoms with Gasteiger partial charge in [0.05, 0.1) is 25.1 Å². The fourth-order valence-corrected chi connectivity index (χ4v) is 4.51. The number of aromatic nitrogens is 2. The Morgan fingerprint density at radius 1 is 1.11 bits per heavy atom. The van der Waals surface area contributed by atoms with Gasteiger partial charge >= 0.3 is 0 Å². The molecular weight excluding hydrogens is 466 g/mol. The number of carbonyl (C=O) groups excluding carboxylic acids is 2. The fraction of sp³-hybridized carbons (Fsp3) is 0.269. The molecule has 2 N–H and O–H groups in total. The summed E-state index contributed by atoms with van der Waals surface area (Å²) in [5, 5.41) is 21.4. The number of fused-ring (bicyclic) bond motifs is 1. The van der Waals surface area contributed by atoms with Gasteiger partial charge in [-0.05, 0) is 42.3 Å². The lowest BCUT2D eigenvalue weighted by Gasteiger charge is -2.26.